The van der Waals surface area contributed by atoms with Crippen LogP contribution in [-0.2, 0) is 42.8 Å². The summed E-state index contributed by atoms with van der Waals surface area (Å²) in [4.78, 5) is 41.0. The van der Waals surface area contributed by atoms with Gasteiger partial charge >= 0.3 is 5.97 Å². The molecule has 0 spiro atoms. The van der Waals surface area contributed by atoms with Gasteiger partial charge in [-0.15, -0.1) is 0 Å². The summed E-state index contributed by atoms with van der Waals surface area (Å²) in [6.45, 7) is 11.7. The van der Waals surface area contributed by atoms with Gasteiger partial charge in [0.25, 0.3) is 5.91 Å². The maximum Gasteiger partial charge on any atom is 0.326 e. The summed E-state index contributed by atoms with van der Waals surface area (Å²) in [5.41, 5.74) is 10.6. The van der Waals surface area contributed by atoms with Crippen molar-refractivity contribution in [3.63, 3.8) is 0 Å². The third-order valence-electron chi connectivity index (χ3n) is 11.2. The van der Waals surface area contributed by atoms with E-state index in [1.807, 2.05) is 27.7 Å². The van der Waals surface area contributed by atoms with Crippen LogP contribution in [-0.4, -0.2) is 150 Å². The highest BCUT2D eigenvalue weighted by Crippen LogP contribution is 2.44. The molecule has 0 aromatic carbocycles. The highest BCUT2D eigenvalue weighted by Gasteiger charge is 2.57. The number of amides is 2. The number of carbonyl (C=O) groups excluding carboxylic acids is 2. The molecule has 3 aliphatic heterocycles. The molecule has 3 saturated heterocycles. The van der Waals surface area contributed by atoms with Crippen molar-refractivity contribution in [3.8, 4) is 0 Å². The van der Waals surface area contributed by atoms with Crippen LogP contribution in [0.4, 0.5) is 0 Å². The Morgan fingerprint density at radius 3 is 2.36 bits per heavy atom. The molecule has 2 amide bonds. The van der Waals surface area contributed by atoms with Gasteiger partial charge in [0, 0.05) is 51.0 Å². The number of rotatable bonds is 21. The number of methoxy groups -OCH3 is 2. The standard InChI is InChI=1S/C39H65N5O14/c1-21-19-39(54-7,58-23(3)22(21)2)32(49)34(50)44-35-31-30(55-20-56-35)33(53-6)38(4,5)28(57-31)18-24(45)12-10-15-27(47)26(46)14-8-9-16-29(48)43-25(36(51)52)13-11-17-42-37(40)41/h8-9,14,16,22-28,30-33,35,45-47,49H,1,10-13,15,17-20H2,2-7H3,(H,43,48)(H,44,50)(H,51,52)(H4,40,41,42). The molecule has 19 nitrogen and oxygen atoms in total. The summed E-state index contributed by atoms with van der Waals surface area (Å²) < 4.78 is 35.7. The predicted octanol–water partition coefficient (Wildman–Crippen LogP) is -0.307. The number of aliphatic carboxylic acids is 1. The number of aliphatic hydroxyl groups is 4. The van der Waals surface area contributed by atoms with E-state index in [0.717, 1.165) is 11.6 Å². The van der Waals surface area contributed by atoms with E-state index in [9.17, 15) is 39.9 Å². The van der Waals surface area contributed by atoms with Crippen molar-refractivity contribution >= 4 is 23.7 Å². The molecular weight excluding hydrogens is 762 g/mol. The lowest BCUT2D eigenvalue weighted by Gasteiger charge is -2.54. The first-order valence-electron chi connectivity index (χ1n) is 19.6. The summed E-state index contributed by atoms with van der Waals surface area (Å²) >= 11 is 0. The van der Waals surface area contributed by atoms with Gasteiger partial charge in [0.1, 0.15) is 25.0 Å². The smallest absolute Gasteiger partial charge is 0.326 e. The van der Waals surface area contributed by atoms with Gasteiger partial charge in [-0.05, 0) is 39.0 Å². The zero-order valence-electron chi connectivity index (χ0n) is 34.3. The summed E-state index contributed by atoms with van der Waals surface area (Å²) in [5.74, 6) is -4.46. The number of allylic oxidation sites excluding steroid dienone is 2. The van der Waals surface area contributed by atoms with Crippen LogP contribution in [0.2, 0.25) is 0 Å². The summed E-state index contributed by atoms with van der Waals surface area (Å²) in [6, 6.07) is -1.15. The van der Waals surface area contributed by atoms with Crippen LogP contribution in [0.1, 0.15) is 72.6 Å². The molecule has 3 aliphatic rings. The van der Waals surface area contributed by atoms with Gasteiger partial charge in [-0.2, -0.15) is 0 Å². The molecule has 0 aromatic rings. The molecule has 11 N–H and O–H groups in total. The second-order valence-electron chi connectivity index (χ2n) is 15.7. The topological polar surface area (TPSA) is 296 Å². The van der Waals surface area contributed by atoms with E-state index in [2.05, 4.69) is 22.2 Å². The number of guanidine groups is 1. The maximum atomic E-state index is 13.5. The minimum atomic E-state index is -1.74. The van der Waals surface area contributed by atoms with Crippen LogP contribution in [0.25, 0.3) is 0 Å². The number of nitrogens with one attached hydrogen (secondary N) is 2. The number of carboxylic acids is 1. The van der Waals surface area contributed by atoms with Gasteiger partial charge in [0.05, 0.1) is 36.6 Å². The van der Waals surface area contributed by atoms with Crippen molar-refractivity contribution in [2.45, 2.75) is 146 Å². The largest absolute Gasteiger partial charge is 0.480 e. The molecule has 13 unspecified atom stereocenters. The van der Waals surface area contributed by atoms with E-state index in [-0.39, 0.29) is 63.4 Å². The summed E-state index contributed by atoms with van der Waals surface area (Å²) in [6.07, 6.45) is -2.74. The number of nitrogens with two attached hydrogens (primary N) is 2. The molecule has 3 heterocycles. The number of ether oxygens (including phenoxy) is 6. The number of fused-ring (bicyclic) bond motifs is 1. The molecule has 0 aliphatic carbocycles. The molecule has 3 fully saturated rings. The van der Waals surface area contributed by atoms with E-state index >= 15 is 0 Å². The second kappa shape index (κ2) is 22.2. The lowest BCUT2D eigenvalue weighted by molar-refractivity contribution is -0.332. The number of carboxylic acid groups (broad SMARTS) is 1. The first kappa shape index (κ1) is 48.9. The van der Waals surface area contributed by atoms with Gasteiger partial charge in [0.15, 0.2) is 18.3 Å². The predicted molar refractivity (Wildman–Crippen MR) is 209 cm³/mol. The van der Waals surface area contributed by atoms with Gasteiger partial charge in [-0.25, -0.2) is 4.79 Å². The van der Waals surface area contributed by atoms with Crippen LogP contribution in [0.3, 0.4) is 0 Å². The van der Waals surface area contributed by atoms with Crippen molar-refractivity contribution in [3.05, 3.63) is 36.5 Å². The third kappa shape index (κ3) is 13.0. The highest BCUT2D eigenvalue weighted by molar-refractivity contribution is 5.91. The summed E-state index contributed by atoms with van der Waals surface area (Å²) in [5, 5.41) is 57.8. The lowest BCUT2D eigenvalue weighted by Crippen LogP contribution is -2.69. The fourth-order valence-electron chi connectivity index (χ4n) is 7.46. The minimum absolute atomic E-state index is 0.00449. The molecule has 3 rings (SSSR count). The Morgan fingerprint density at radius 1 is 1.03 bits per heavy atom. The average Bonchev–Trinajstić information content (AvgIpc) is 3.16. The third-order valence-corrected chi connectivity index (χ3v) is 11.2. The van der Waals surface area contributed by atoms with Gasteiger partial charge < -0.3 is 76.1 Å². The molecule has 0 bridgehead atoms. The Balaban J connectivity index is 1.53. The van der Waals surface area contributed by atoms with Crippen LogP contribution < -0.4 is 22.1 Å². The number of hydrogen-bond acceptors (Lipinski definition) is 14. The fourth-order valence-corrected chi connectivity index (χ4v) is 7.46. The number of hydrogen-bond donors (Lipinski definition) is 9. The molecule has 58 heavy (non-hydrogen) atoms. The van der Waals surface area contributed by atoms with Crippen molar-refractivity contribution in [2.75, 3.05) is 27.6 Å². The molecule has 13 atom stereocenters. The first-order valence-corrected chi connectivity index (χ1v) is 19.6. The quantitative estimate of drug-likeness (QED) is 0.0179. The maximum absolute atomic E-state index is 13.5. The Morgan fingerprint density at radius 2 is 1.74 bits per heavy atom. The van der Waals surface area contributed by atoms with E-state index in [1.54, 1.807) is 0 Å². The number of carbonyl (C=O) groups is 3. The number of aliphatic imine (C=N–C) groups is 1. The Labute approximate surface area is 339 Å². The Kier molecular flexibility index (Phi) is 18.7. The van der Waals surface area contributed by atoms with E-state index < -0.39 is 90.1 Å². The normalized spacial score (nSPS) is 31.1. The van der Waals surface area contributed by atoms with Crippen LogP contribution in [0, 0.1) is 11.3 Å². The van der Waals surface area contributed by atoms with Gasteiger partial charge in [-0.3, -0.25) is 14.6 Å². The van der Waals surface area contributed by atoms with Crippen molar-refractivity contribution in [1.82, 2.24) is 10.6 Å². The van der Waals surface area contributed by atoms with E-state index in [4.69, 9.17) is 39.9 Å². The summed E-state index contributed by atoms with van der Waals surface area (Å²) in [7, 11) is 2.89. The van der Waals surface area contributed by atoms with E-state index in [1.165, 1.54) is 32.4 Å². The Bertz CT molecular complexity index is 1470. The minimum Gasteiger partial charge on any atom is -0.480 e. The van der Waals surface area contributed by atoms with Crippen molar-refractivity contribution in [2.24, 2.45) is 27.8 Å². The lowest BCUT2D eigenvalue weighted by atomic mass is 9.72. The van der Waals surface area contributed by atoms with Gasteiger partial charge in [0.2, 0.25) is 11.7 Å². The monoisotopic (exact) mass is 827 g/mol. The second-order valence-corrected chi connectivity index (χ2v) is 15.7. The molecule has 19 heteroatoms. The fraction of sp³-hybridized carbons (Fsp3) is 0.744. The highest BCUT2D eigenvalue weighted by atomic mass is 16.7. The number of aliphatic hydroxyl groups excluding tert-OH is 4. The zero-order chi connectivity index (χ0) is 43.4. The molecule has 0 radical (unpaired) electrons. The first-order chi connectivity index (χ1) is 27.3. The van der Waals surface area contributed by atoms with Crippen LogP contribution >= 0.6 is 0 Å². The molecule has 330 valence electrons. The Hall–Kier alpha value is -3.50. The number of nitrogens with zero attached hydrogens (tertiary/aromatic N) is 1. The van der Waals surface area contributed by atoms with Crippen LogP contribution in [0.5, 0.6) is 0 Å². The van der Waals surface area contributed by atoms with E-state index in [0.29, 0.717) is 12.8 Å². The van der Waals surface area contributed by atoms with Crippen LogP contribution in [0.15, 0.2) is 41.4 Å². The van der Waals surface area contributed by atoms with Crippen molar-refractivity contribution < 1.29 is 68.3 Å². The zero-order valence-corrected chi connectivity index (χ0v) is 34.3. The van der Waals surface area contributed by atoms with Crippen molar-refractivity contribution in [1.29, 1.82) is 0 Å². The SMILES string of the molecule is C=C1CC(OC)(C(O)C(=O)NC2OCOC3C2OC(CC(O)CCCC(O)C(O)C=CC=CC(=O)NC(CCCN=C(N)N)C(=O)O)C(C)(C)C3OC)OC(C)C1C. The molecule has 0 aromatic heterocycles. The van der Waals surface area contributed by atoms with Gasteiger partial charge in [-0.1, -0.05) is 51.2 Å². The average molecular weight is 828 g/mol. The molecule has 0 saturated carbocycles. The molecular formula is C39H65N5O14.